The first kappa shape index (κ1) is 12.0. The molecule has 1 aromatic rings. The van der Waals surface area contributed by atoms with Crippen molar-refractivity contribution in [3.05, 3.63) is 29.0 Å². The van der Waals surface area contributed by atoms with Crippen LogP contribution in [-0.2, 0) is 16.6 Å². The maximum atomic E-state index is 12.1. The third-order valence-electron chi connectivity index (χ3n) is 2.72. The van der Waals surface area contributed by atoms with Gasteiger partial charge >= 0.3 is 0 Å². The van der Waals surface area contributed by atoms with Crippen LogP contribution in [0.25, 0.3) is 0 Å². The number of hydrogen-bond acceptors (Lipinski definition) is 3. The number of aromatic nitrogens is 1. The van der Waals surface area contributed by atoms with Crippen LogP contribution in [0.2, 0.25) is 5.15 Å². The van der Waals surface area contributed by atoms with E-state index >= 15 is 0 Å². The molecule has 0 bridgehead atoms. The molecule has 2 atom stereocenters. The molecule has 1 saturated heterocycles. The first-order chi connectivity index (χ1) is 7.75. The zero-order valence-electron chi connectivity index (χ0n) is 8.99. The molecule has 0 spiro atoms. The minimum Gasteiger partial charge on any atom is -0.316 e. The SMILES string of the molecule is O=[S@](Cc1ccc(Cl)nc1)[C@H]1CCCNC1. The Bertz CT molecular complexity index is 363. The highest BCUT2D eigenvalue weighted by atomic mass is 35.5. The second-order valence-electron chi connectivity index (χ2n) is 3.98. The van der Waals surface area contributed by atoms with E-state index in [1.54, 1.807) is 12.3 Å². The lowest BCUT2D eigenvalue weighted by molar-refractivity contribution is 0.519. The van der Waals surface area contributed by atoms with Crippen LogP contribution in [0.5, 0.6) is 0 Å². The summed E-state index contributed by atoms with van der Waals surface area (Å²) < 4.78 is 12.1. The molecule has 0 aromatic carbocycles. The minimum absolute atomic E-state index is 0.282. The van der Waals surface area contributed by atoms with E-state index in [-0.39, 0.29) is 5.25 Å². The van der Waals surface area contributed by atoms with Crippen molar-refractivity contribution in [3.8, 4) is 0 Å². The van der Waals surface area contributed by atoms with E-state index in [1.807, 2.05) is 6.07 Å². The molecular formula is C11H15ClN2OS. The van der Waals surface area contributed by atoms with Crippen LogP contribution in [0.3, 0.4) is 0 Å². The van der Waals surface area contributed by atoms with Gasteiger partial charge in [-0.15, -0.1) is 0 Å². The normalized spacial score (nSPS) is 22.9. The predicted octanol–water partition coefficient (Wildman–Crippen LogP) is 1.74. The van der Waals surface area contributed by atoms with Crippen molar-refractivity contribution >= 4 is 22.4 Å². The lowest BCUT2D eigenvalue weighted by Gasteiger charge is -2.21. The van der Waals surface area contributed by atoms with Crippen LogP contribution in [0.15, 0.2) is 18.3 Å². The maximum absolute atomic E-state index is 12.1. The van der Waals surface area contributed by atoms with Crippen LogP contribution in [0.1, 0.15) is 18.4 Å². The lowest BCUT2D eigenvalue weighted by atomic mass is 10.2. The number of nitrogens with one attached hydrogen (secondary N) is 1. The van der Waals surface area contributed by atoms with Crippen LogP contribution >= 0.6 is 11.6 Å². The molecule has 0 unspecified atom stereocenters. The van der Waals surface area contributed by atoms with Crippen molar-refractivity contribution in [2.75, 3.05) is 13.1 Å². The number of hydrogen-bond donors (Lipinski definition) is 1. The van der Waals surface area contributed by atoms with Gasteiger partial charge in [-0.3, -0.25) is 4.21 Å². The van der Waals surface area contributed by atoms with Crippen molar-refractivity contribution in [3.63, 3.8) is 0 Å². The average Bonchev–Trinajstić information content (AvgIpc) is 2.33. The van der Waals surface area contributed by atoms with Gasteiger partial charge in [0.15, 0.2) is 0 Å². The monoisotopic (exact) mass is 258 g/mol. The van der Waals surface area contributed by atoms with E-state index in [9.17, 15) is 4.21 Å². The Kier molecular flexibility index (Phi) is 4.32. The van der Waals surface area contributed by atoms with Gasteiger partial charge in [0.25, 0.3) is 0 Å². The van der Waals surface area contributed by atoms with Crippen LogP contribution in [0, 0.1) is 0 Å². The van der Waals surface area contributed by atoms with Gasteiger partial charge in [-0.2, -0.15) is 0 Å². The Labute approximate surface area is 103 Å². The second-order valence-corrected chi connectivity index (χ2v) is 6.09. The fourth-order valence-electron chi connectivity index (χ4n) is 1.82. The number of pyridine rings is 1. The summed E-state index contributed by atoms with van der Waals surface area (Å²) in [6.07, 6.45) is 3.88. The van der Waals surface area contributed by atoms with Crippen molar-refractivity contribution in [2.24, 2.45) is 0 Å². The highest BCUT2D eigenvalue weighted by Crippen LogP contribution is 2.14. The maximum Gasteiger partial charge on any atom is 0.129 e. The molecule has 0 radical (unpaired) electrons. The van der Waals surface area contributed by atoms with Gasteiger partial charge in [0.05, 0.1) is 5.75 Å². The van der Waals surface area contributed by atoms with E-state index in [0.29, 0.717) is 10.9 Å². The summed E-state index contributed by atoms with van der Waals surface area (Å²) in [4.78, 5) is 3.99. The Morgan fingerprint density at radius 3 is 3.06 bits per heavy atom. The van der Waals surface area contributed by atoms with Crippen LogP contribution < -0.4 is 5.32 Å². The van der Waals surface area contributed by atoms with Gasteiger partial charge in [0.1, 0.15) is 5.15 Å². The van der Waals surface area contributed by atoms with Crippen molar-refractivity contribution < 1.29 is 4.21 Å². The van der Waals surface area contributed by atoms with Gasteiger partial charge < -0.3 is 5.32 Å². The summed E-state index contributed by atoms with van der Waals surface area (Å²) >= 11 is 5.70. The first-order valence-electron chi connectivity index (χ1n) is 5.44. The molecule has 1 N–H and O–H groups in total. The molecule has 3 nitrogen and oxygen atoms in total. The van der Waals surface area contributed by atoms with Gasteiger partial charge in [-0.25, -0.2) is 4.98 Å². The summed E-state index contributed by atoms with van der Waals surface area (Å²) in [6, 6.07) is 3.64. The van der Waals surface area contributed by atoms with Crippen molar-refractivity contribution in [1.29, 1.82) is 0 Å². The second kappa shape index (κ2) is 5.75. The van der Waals surface area contributed by atoms with E-state index in [0.717, 1.165) is 31.5 Å². The van der Waals surface area contributed by atoms with Crippen molar-refractivity contribution in [2.45, 2.75) is 23.8 Å². The predicted molar refractivity (Wildman–Crippen MR) is 67.0 cm³/mol. The van der Waals surface area contributed by atoms with E-state index in [4.69, 9.17) is 11.6 Å². The van der Waals surface area contributed by atoms with Gasteiger partial charge in [0.2, 0.25) is 0 Å². The molecular weight excluding hydrogens is 244 g/mol. The molecule has 1 aliphatic heterocycles. The molecule has 0 aliphatic carbocycles. The quantitative estimate of drug-likeness (QED) is 0.840. The fraction of sp³-hybridized carbons (Fsp3) is 0.545. The zero-order valence-corrected chi connectivity index (χ0v) is 10.6. The smallest absolute Gasteiger partial charge is 0.129 e. The number of rotatable bonds is 3. The van der Waals surface area contributed by atoms with Gasteiger partial charge in [-0.1, -0.05) is 17.7 Å². The third kappa shape index (κ3) is 3.27. The topological polar surface area (TPSA) is 42.0 Å². The number of nitrogens with zero attached hydrogens (tertiary/aromatic N) is 1. The van der Waals surface area contributed by atoms with E-state index < -0.39 is 10.8 Å². The Balaban J connectivity index is 1.93. The summed E-state index contributed by atoms with van der Waals surface area (Å²) in [7, 11) is -0.810. The van der Waals surface area contributed by atoms with E-state index in [1.165, 1.54) is 0 Å². The highest BCUT2D eigenvalue weighted by Gasteiger charge is 2.19. The molecule has 2 heterocycles. The van der Waals surface area contributed by atoms with E-state index in [2.05, 4.69) is 10.3 Å². The zero-order chi connectivity index (χ0) is 11.4. The summed E-state index contributed by atoms with van der Waals surface area (Å²) in [6.45, 7) is 1.92. The standard InChI is InChI=1S/C11H15ClN2OS/c12-11-4-3-9(6-14-11)8-16(15)10-2-1-5-13-7-10/h3-4,6,10,13H,1-2,5,7-8H2/t10-,16+/m0/s1. The lowest BCUT2D eigenvalue weighted by Crippen LogP contribution is -2.36. The Hall–Kier alpha value is -0.450. The molecule has 1 fully saturated rings. The molecule has 16 heavy (non-hydrogen) atoms. The third-order valence-corrected chi connectivity index (χ3v) is 4.71. The molecule has 0 saturated carbocycles. The molecule has 1 aromatic heterocycles. The molecule has 5 heteroatoms. The number of piperidine rings is 1. The highest BCUT2D eigenvalue weighted by molar-refractivity contribution is 7.84. The molecule has 0 amide bonds. The fourth-order valence-corrected chi connectivity index (χ4v) is 3.40. The first-order valence-corrected chi connectivity index (χ1v) is 7.20. The average molecular weight is 259 g/mol. The van der Waals surface area contributed by atoms with Gasteiger partial charge in [-0.05, 0) is 31.0 Å². The summed E-state index contributed by atoms with van der Waals surface area (Å²) in [5.74, 6) is 0.580. The molecule has 88 valence electrons. The summed E-state index contributed by atoms with van der Waals surface area (Å²) in [5.41, 5.74) is 0.994. The van der Waals surface area contributed by atoms with Crippen LogP contribution in [-0.4, -0.2) is 27.5 Å². The van der Waals surface area contributed by atoms with Gasteiger partial charge in [0, 0.05) is 28.8 Å². The Morgan fingerprint density at radius 1 is 1.56 bits per heavy atom. The number of halogens is 1. The van der Waals surface area contributed by atoms with Crippen LogP contribution in [0.4, 0.5) is 0 Å². The largest absolute Gasteiger partial charge is 0.316 e. The molecule has 1 aliphatic rings. The summed E-state index contributed by atoms with van der Waals surface area (Å²) in [5, 5.41) is 4.04. The Morgan fingerprint density at radius 2 is 2.44 bits per heavy atom. The van der Waals surface area contributed by atoms with Crippen molar-refractivity contribution in [1.82, 2.24) is 10.3 Å². The molecule has 2 rings (SSSR count). The minimum atomic E-state index is -0.810.